The lowest BCUT2D eigenvalue weighted by Crippen LogP contribution is -2.30. The minimum Gasteiger partial charge on any atom is -0.493 e. The molecule has 2 atom stereocenters. The Labute approximate surface area is 157 Å². The van der Waals surface area contributed by atoms with Crippen LogP contribution in [0.5, 0.6) is 5.75 Å². The average molecular weight is 405 g/mol. The molecule has 6 nitrogen and oxygen atoms in total. The Kier molecular flexibility index (Phi) is 5.78. The number of halogens is 3. The first kappa shape index (κ1) is 19.7. The molecule has 1 aliphatic rings. The van der Waals surface area contributed by atoms with Gasteiger partial charge in [0.25, 0.3) is 0 Å². The lowest BCUT2D eigenvalue weighted by Gasteiger charge is -2.15. The van der Waals surface area contributed by atoms with Gasteiger partial charge in [0.1, 0.15) is 11.9 Å². The molecule has 1 aromatic carbocycles. The predicted octanol–water partition coefficient (Wildman–Crippen LogP) is 3.57. The van der Waals surface area contributed by atoms with E-state index in [4.69, 9.17) is 19.3 Å². The van der Waals surface area contributed by atoms with Crippen LogP contribution in [0.3, 0.4) is 0 Å². The molecular formula is C17H18F3NO5S. The van der Waals surface area contributed by atoms with E-state index < -0.39 is 24.8 Å². The molecular weight excluding hydrogens is 387 g/mol. The Bertz CT molecular complexity index is 809. The molecule has 1 N–H and O–H groups in total. The number of amides is 1. The number of anilines is 1. The summed E-state index contributed by atoms with van der Waals surface area (Å²) in [5.74, 6) is 0.395. The Balaban J connectivity index is 1.67. The molecule has 27 heavy (non-hydrogen) atoms. The fraction of sp³-hybridized carbons (Fsp3) is 0.471. The largest absolute Gasteiger partial charge is 0.493 e. The number of aliphatic hydroxyl groups excluding tert-OH is 1. The van der Waals surface area contributed by atoms with Gasteiger partial charge in [-0.2, -0.15) is 13.2 Å². The molecule has 1 amide bonds. The number of nitrogens with zero attached hydrogens (tertiary/aromatic N) is 1. The highest BCUT2D eigenvalue weighted by Crippen LogP contribution is 2.37. The number of carbonyl (C=O) groups is 1. The van der Waals surface area contributed by atoms with Crippen molar-refractivity contribution in [3.05, 3.63) is 23.6 Å². The summed E-state index contributed by atoms with van der Waals surface area (Å²) in [6.45, 7) is 0.430. The maximum Gasteiger partial charge on any atom is 0.414 e. The van der Waals surface area contributed by atoms with Crippen LogP contribution in [0.1, 0.15) is 6.42 Å². The van der Waals surface area contributed by atoms with Crippen molar-refractivity contribution in [1.82, 2.24) is 0 Å². The molecule has 0 bridgehead atoms. The lowest BCUT2D eigenvalue weighted by molar-refractivity contribution is -0.206. The van der Waals surface area contributed by atoms with Crippen molar-refractivity contribution in [1.29, 1.82) is 0 Å². The highest BCUT2D eigenvalue weighted by Gasteiger charge is 2.37. The highest BCUT2D eigenvalue weighted by molar-refractivity contribution is 7.17. The van der Waals surface area contributed by atoms with Gasteiger partial charge in [-0.3, -0.25) is 4.90 Å². The van der Waals surface area contributed by atoms with Crippen LogP contribution in [-0.4, -0.2) is 56.5 Å². The molecule has 1 saturated heterocycles. The Morgan fingerprint density at radius 1 is 1.44 bits per heavy atom. The molecule has 2 aromatic rings. The minimum atomic E-state index is -4.65. The van der Waals surface area contributed by atoms with E-state index in [1.165, 1.54) is 23.3 Å². The number of rotatable bonds is 7. The SMILES string of the molecule is COC[C@H]1CN(c2csc3cc(OCC[C@@H](O)C(F)(F)F)ccc23)C(=O)O1. The van der Waals surface area contributed by atoms with E-state index in [-0.39, 0.29) is 12.7 Å². The number of hydrogen-bond acceptors (Lipinski definition) is 6. The van der Waals surface area contributed by atoms with Crippen LogP contribution in [0.15, 0.2) is 23.6 Å². The van der Waals surface area contributed by atoms with Crippen molar-refractivity contribution in [2.75, 3.05) is 31.8 Å². The fourth-order valence-electron chi connectivity index (χ4n) is 2.74. The van der Waals surface area contributed by atoms with Gasteiger partial charge in [0.15, 0.2) is 6.10 Å². The number of carbonyl (C=O) groups excluding carboxylic acids is 1. The van der Waals surface area contributed by atoms with Crippen molar-refractivity contribution in [2.24, 2.45) is 0 Å². The van der Waals surface area contributed by atoms with Gasteiger partial charge in [-0.05, 0) is 18.2 Å². The van der Waals surface area contributed by atoms with E-state index in [0.29, 0.717) is 24.6 Å². The Hall–Kier alpha value is -2.04. The van der Waals surface area contributed by atoms with Gasteiger partial charge < -0.3 is 19.3 Å². The second-order valence-electron chi connectivity index (χ2n) is 6.05. The normalized spacial score (nSPS) is 18.8. The van der Waals surface area contributed by atoms with E-state index in [2.05, 4.69) is 0 Å². The number of alkyl halides is 3. The minimum absolute atomic E-state index is 0.262. The van der Waals surface area contributed by atoms with Crippen LogP contribution in [0.2, 0.25) is 0 Å². The molecule has 0 saturated carbocycles. The average Bonchev–Trinajstić information content (AvgIpc) is 3.17. The molecule has 0 aliphatic carbocycles. The molecule has 0 spiro atoms. The molecule has 0 radical (unpaired) electrons. The number of fused-ring (bicyclic) bond motifs is 1. The number of methoxy groups -OCH3 is 1. The number of hydrogen-bond donors (Lipinski definition) is 1. The lowest BCUT2D eigenvalue weighted by atomic mass is 10.2. The number of aliphatic hydroxyl groups is 1. The van der Waals surface area contributed by atoms with Crippen molar-refractivity contribution < 1.29 is 37.3 Å². The van der Waals surface area contributed by atoms with Crippen LogP contribution in [-0.2, 0) is 9.47 Å². The van der Waals surface area contributed by atoms with Crippen LogP contribution in [0.4, 0.5) is 23.7 Å². The quantitative estimate of drug-likeness (QED) is 0.763. The molecule has 10 heteroatoms. The highest BCUT2D eigenvalue weighted by atomic mass is 32.1. The summed E-state index contributed by atoms with van der Waals surface area (Å²) in [6.07, 6.45) is -8.38. The van der Waals surface area contributed by atoms with Crippen LogP contribution in [0.25, 0.3) is 10.1 Å². The second-order valence-corrected chi connectivity index (χ2v) is 6.96. The van der Waals surface area contributed by atoms with E-state index in [9.17, 15) is 18.0 Å². The van der Waals surface area contributed by atoms with E-state index in [1.54, 1.807) is 18.2 Å². The zero-order chi connectivity index (χ0) is 19.6. The Morgan fingerprint density at radius 3 is 2.93 bits per heavy atom. The third kappa shape index (κ3) is 4.45. The smallest absolute Gasteiger partial charge is 0.414 e. The van der Waals surface area contributed by atoms with E-state index in [0.717, 1.165) is 10.1 Å². The molecule has 2 heterocycles. The maximum atomic E-state index is 12.3. The first-order valence-electron chi connectivity index (χ1n) is 8.15. The third-order valence-electron chi connectivity index (χ3n) is 4.08. The van der Waals surface area contributed by atoms with E-state index >= 15 is 0 Å². The van der Waals surface area contributed by atoms with Gasteiger partial charge >= 0.3 is 12.3 Å². The van der Waals surface area contributed by atoms with Crippen LogP contribution >= 0.6 is 11.3 Å². The zero-order valence-electron chi connectivity index (χ0n) is 14.4. The summed E-state index contributed by atoms with van der Waals surface area (Å²) in [5, 5.41) is 11.6. The Morgan fingerprint density at radius 2 is 2.22 bits per heavy atom. The molecule has 3 rings (SSSR count). The van der Waals surface area contributed by atoms with Gasteiger partial charge in [0.05, 0.1) is 25.4 Å². The number of cyclic esters (lactones) is 1. The van der Waals surface area contributed by atoms with Crippen molar-refractivity contribution in [3.8, 4) is 5.75 Å². The molecule has 1 aliphatic heterocycles. The predicted molar refractivity (Wildman–Crippen MR) is 93.5 cm³/mol. The van der Waals surface area contributed by atoms with Crippen LogP contribution in [0, 0.1) is 0 Å². The summed E-state index contributed by atoms with van der Waals surface area (Å²) >= 11 is 1.39. The van der Waals surface area contributed by atoms with E-state index in [1.807, 2.05) is 5.38 Å². The standard InChI is InChI=1S/C17H18F3NO5S/c1-24-8-11-7-21(16(23)26-11)13-9-27-14-6-10(2-3-12(13)14)25-5-4-15(22)17(18,19)20/h2-3,6,9,11,15,22H,4-5,7-8H2,1H3/t11-,15-/m1/s1. The topological polar surface area (TPSA) is 68.2 Å². The van der Waals surface area contributed by atoms with Gasteiger partial charge in [-0.1, -0.05) is 0 Å². The molecule has 1 fully saturated rings. The summed E-state index contributed by atoms with van der Waals surface area (Å²) in [7, 11) is 1.53. The van der Waals surface area contributed by atoms with Crippen molar-refractivity contribution in [2.45, 2.75) is 24.8 Å². The molecule has 1 aromatic heterocycles. The zero-order valence-corrected chi connectivity index (χ0v) is 15.2. The summed E-state index contributed by atoms with van der Waals surface area (Å²) in [5.41, 5.74) is 0.706. The summed E-state index contributed by atoms with van der Waals surface area (Å²) < 4.78 is 53.2. The first-order chi connectivity index (χ1) is 12.8. The fourth-order valence-corrected chi connectivity index (χ4v) is 3.71. The number of benzene rings is 1. The molecule has 148 valence electrons. The van der Waals surface area contributed by atoms with Crippen molar-refractivity contribution in [3.63, 3.8) is 0 Å². The number of thiophene rings is 1. The first-order valence-corrected chi connectivity index (χ1v) is 9.03. The summed E-state index contributed by atoms with van der Waals surface area (Å²) in [4.78, 5) is 13.6. The monoisotopic (exact) mass is 405 g/mol. The number of ether oxygens (including phenoxy) is 3. The summed E-state index contributed by atoms with van der Waals surface area (Å²) in [6, 6.07) is 5.05. The third-order valence-corrected chi connectivity index (χ3v) is 5.01. The van der Waals surface area contributed by atoms with Crippen molar-refractivity contribution >= 4 is 33.2 Å². The van der Waals surface area contributed by atoms with Gasteiger partial charge in [0, 0.05) is 29.0 Å². The second kappa shape index (κ2) is 7.91. The maximum absolute atomic E-state index is 12.3. The van der Waals surface area contributed by atoms with Crippen LogP contribution < -0.4 is 9.64 Å². The molecule has 0 unspecified atom stereocenters. The van der Waals surface area contributed by atoms with Gasteiger partial charge in [-0.25, -0.2) is 4.79 Å². The van der Waals surface area contributed by atoms with Gasteiger partial charge in [-0.15, -0.1) is 11.3 Å². The van der Waals surface area contributed by atoms with Gasteiger partial charge in [0.2, 0.25) is 0 Å².